The minimum Gasteiger partial charge on any atom is -0.323 e. The molecule has 1 unspecified atom stereocenters. The van der Waals surface area contributed by atoms with E-state index in [1.54, 1.807) is 37.4 Å². The summed E-state index contributed by atoms with van der Waals surface area (Å²) in [6.45, 7) is 1.70. The van der Waals surface area contributed by atoms with Crippen LogP contribution in [0.1, 0.15) is 18.5 Å². The van der Waals surface area contributed by atoms with E-state index in [0.717, 1.165) is 0 Å². The van der Waals surface area contributed by atoms with E-state index in [9.17, 15) is 4.79 Å². The van der Waals surface area contributed by atoms with E-state index >= 15 is 0 Å². The van der Waals surface area contributed by atoms with Crippen molar-refractivity contribution in [2.75, 3.05) is 5.32 Å². The maximum atomic E-state index is 12.1. The maximum absolute atomic E-state index is 12.1. The lowest BCUT2D eigenvalue weighted by molar-refractivity contribution is -0.119. The highest BCUT2D eigenvalue weighted by molar-refractivity contribution is 6.30. The number of benzene rings is 1. The van der Waals surface area contributed by atoms with E-state index in [0.29, 0.717) is 16.3 Å². The minimum atomic E-state index is -0.515. The molecule has 19 heavy (non-hydrogen) atoms. The van der Waals surface area contributed by atoms with E-state index in [1.165, 1.54) is 10.9 Å². The molecule has 0 bridgehead atoms. The predicted octanol–water partition coefficient (Wildman–Crippen LogP) is 2.61. The van der Waals surface area contributed by atoms with Gasteiger partial charge in [-0.1, -0.05) is 23.7 Å². The van der Waals surface area contributed by atoms with Crippen LogP contribution in [0.3, 0.4) is 0 Å². The van der Waals surface area contributed by atoms with Gasteiger partial charge in [-0.05, 0) is 19.1 Å². The van der Waals surface area contributed by atoms with Gasteiger partial charge in [-0.15, -0.1) is 0 Å². The summed E-state index contributed by atoms with van der Waals surface area (Å²) in [5.74, 6) is -0.262. The molecule has 0 saturated heterocycles. The lowest BCUT2D eigenvalue weighted by Gasteiger charge is -2.13. The Morgan fingerprint density at radius 1 is 1.53 bits per heavy atom. The lowest BCUT2D eigenvalue weighted by Crippen LogP contribution is -2.24. The quantitative estimate of drug-likeness (QED) is 0.935. The van der Waals surface area contributed by atoms with Gasteiger partial charge in [0.15, 0.2) is 0 Å². The fourth-order valence-electron chi connectivity index (χ4n) is 1.57. The van der Waals surface area contributed by atoms with Gasteiger partial charge in [0.2, 0.25) is 5.91 Å². The van der Waals surface area contributed by atoms with Gasteiger partial charge in [0.25, 0.3) is 0 Å². The van der Waals surface area contributed by atoms with Gasteiger partial charge < -0.3 is 5.32 Å². The molecule has 6 heteroatoms. The number of nitrogens with one attached hydrogen (secondary N) is 1. The number of carbonyl (C=O) groups is 1. The Kier molecular flexibility index (Phi) is 3.83. The van der Waals surface area contributed by atoms with Gasteiger partial charge in [0.05, 0.1) is 22.5 Å². The average Bonchev–Trinajstić information content (AvgIpc) is 2.85. The molecule has 1 atom stereocenters. The van der Waals surface area contributed by atoms with Crippen molar-refractivity contribution < 1.29 is 4.79 Å². The molecule has 1 aromatic carbocycles. The summed E-state index contributed by atoms with van der Waals surface area (Å²) in [6.07, 6.45) is 3.04. The molecule has 2 rings (SSSR count). The van der Waals surface area contributed by atoms with Crippen LogP contribution in [0.5, 0.6) is 0 Å². The second kappa shape index (κ2) is 5.55. The number of aromatic nitrogens is 2. The van der Waals surface area contributed by atoms with Crippen molar-refractivity contribution in [1.82, 2.24) is 9.78 Å². The molecule has 96 valence electrons. The van der Waals surface area contributed by atoms with Crippen LogP contribution < -0.4 is 5.32 Å². The second-order valence-corrected chi connectivity index (χ2v) is 4.40. The first-order valence-corrected chi connectivity index (χ1v) is 5.99. The third-order valence-electron chi connectivity index (χ3n) is 2.65. The van der Waals surface area contributed by atoms with Gasteiger partial charge in [0, 0.05) is 6.20 Å². The average molecular weight is 275 g/mol. The number of nitrogens with zero attached hydrogens (tertiary/aromatic N) is 3. The molecule has 1 N–H and O–H groups in total. The Morgan fingerprint density at radius 2 is 2.26 bits per heavy atom. The zero-order valence-electron chi connectivity index (χ0n) is 10.2. The fraction of sp³-hybridized carbons (Fsp3) is 0.154. The summed E-state index contributed by atoms with van der Waals surface area (Å²) in [4.78, 5) is 12.1. The standard InChI is InChI=1S/C13H11ClN4O/c1-9(18-8-11(14)7-16-18)13(19)17-12-5-3-2-4-10(12)6-15/h2-5,7-9H,1H3,(H,17,19). The van der Waals surface area contributed by atoms with Crippen molar-refractivity contribution in [3.63, 3.8) is 0 Å². The van der Waals surface area contributed by atoms with Crippen molar-refractivity contribution in [2.24, 2.45) is 0 Å². The number of amides is 1. The van der Waals surface area contributed by atoms with E-state index in [-0.39, 0.29) is 5.91 Å². The smallest absolute Gasteiger partial charge is 0.248 e. The molecule has 0 radical (unpaired) electrons. The van der Waals surface area contributed by atoms with Crippen molar-refractivity contribution in [2.45, 2.75) is 13.0 Å². The molecule has 1 amide bonds. The van der Waals surface area contributed by atoms with Crippen molar-refractivity contribution >= 4 is 23.2 Å². The minimum absolute atomic E-state index is 0.262. The molecular weight excluding hydrogens is 264 g/mol. The second-order valence-electron chi connectivity index (χ2n) is 3.96. The zero-order chi connectivity index (χ0) is 13.8. The molecule has 1 aromatic heterocycles. The summed E-state index contributed by atoms with van der Waals surface area (Å²) in [7, 11) is 0. The molecular formula is C13H11ClN4O. The van der Waals surface area contributed by atoms with Crippen LogP contribution in [0.15, 0.2) is 36.7 Å². The molecule has 5 nitrogen and oxygen atoms in total. The first-order valence-electron chi connectivity index (χ1n) is 5.61. The van der Waals surface area contributed by atoms with Gasteiger partial charge >= 0.3 is 0 Å². The molecule has 0 saturated carbocycles. The summed E-state index contributed by atoms with van der Waals surface area (Å²) in [5, 5.41) is 16.1. The van der Waals surface area contributed by atoms with E-state index in [2.05, 4.69) is 10.4 Å². The number of nitriles is 1. The third kappa shape index (κ3) is 2.92. The fourth-order valence-corrected chi connectivity index (χ4v) is 1.72. The van der Waals surface area contributed by atoms with Crippen LogP contribution in [0.2, 0.25) is 5.02 Å². The lowest BCUT2D eigenvalue weighted by atomic mass is 10.2. The number of hydrogen-bond donors (Lipinski definition) is 1. The van der Waals surface area contributed by atoms with Crippen LogP contribution in [0, 0.1) is 11.3 Å². The molecule has 1 heterocycles. The summed E-state index contributed by atoms with van der Waals surface area (Å²) in [5.41, 5.74) is 0.904. The van der Waals surface area contributed by atoms with Crippen molar-refractivity contribution in [3.05, 3.63) is 47.2 Å². The first-order chi connectivity index (χ1) is 9.11. The van der Waals surface area contributed by atoms with E-state index in [4.69, 9.17) is 16.9 Å². The third-order valence-corrected chi connectivity index (χ3v) is 2.85. The van der Waals surface area contributed by atoms with Crippen molar-refractivity contribution in [1.29, 1.82) is 5.26 Å². The topological polar surface area (TPSA) is 70.7 Å². The molecule has 0 fully saturated rings. The van der Waals surface area contributed by atoms with Gasteiger partial charge in [-0.2, -0.15) is 10.4 Å². The van der Waals surface area contributed by atoms with E-state index in [1.807, 2.05) is 6.07 Å². The maximum Gasteiger partial charge on any atom is 0.248 e. The Morgan fingerprint density at radius 3 is 2.89 bits per heavy atom. The number of hydrogen-bond acceptors (Lipinski definition) is 3. The van der Waals surface area contributed by atoms with Crippen LogP contribution >= 0.6 is 11.6 Å². The number of para-hydroxylation sites is 1. The summed E-state index contributed by atoms with van der Waals surface area (Å²) >= 11 is 5.76. The SMILES string of the molecule is CC(C(=O)Nc1ccccc1C#N)n1cc(Cl)cn1. The highest BCUT2D eigenvalue weighted by Gasteiger charge is 2.17. The number of halogens is 1. The van der Waals surface area contributed by atoms with Crippen LogP contribution in [-0.2, 0) is 4.79 Å². The molecule has 0 spiro atoms. The Labute approximate surface area is 115 Å². The van der Waals surface area contributed by atoms with Crippen LogP contribution in [-0.4, -0.2) is 15.7 Å². The Balaban J connectivity index is 2.15. The van der Waals surface area contributed by atoms with Gasteiger partial charge in [0.1, 0.15) is 12.1 Å². The first kappa shape index (κ1) is 13.1. The largest absolute Gasteiger partial charge is 0.323 e. The van der Waals surface area contributed by atoms with Gasteiger partial charge in [-0.25, -0.2) is 0 Å². The predicted molar refractivity (Wildman–Crippen MR) is 71.7 cm³/mol. The summed E-state index contributed by atoms with van der Waals surface area (Å²) < 4.78 is 1.46. The molecule has 2 aromatic rings. The molecule has 0 aliphatic carbocycles. The van der Waals surface area contributed by atoms with Crippen LogP contribution in [0.4, 0.5) is 5.69 Å². The van der Waals surface area contributed by atoms with E-state index < -0.39 is 6.04 Å². The summed E-state index contributed by atoms with van der Waals surface area (Å²) in [6, 6.07) is 8.33. The number of carbonyl (C=O) groups excluding carboxylic acids is 1. The monoisotopic (exact) mass is 274 g/mol. The molecule has 0 aliphatic heterocycles. The number of rotatable bonds is 3. The number of anilines is 1. The highest BCUT2D eigenvalue weighted by atomic mass is 35.5. The highest BCUT2D eigenvalue weighted by Crippen LogP contribution is 2.17. The van der Waals surface area contributed by atoms with Gasteiger partial charge in [-0.3, -0.25) is 9.48 Å². The normalized spacial score (nSPS) is 11.6. The molecule has 0 aliphatic rings. The van der Waals surface area contributed by atoms with Crippen LogP contribution in [0.25, 0.3) is 0 Å². The Hall–Kier alpha value is -2.32. The Bertz CT molecular complexity index is 644. The zero-order valence-corrected chi connectivity index (χ0v) is 10.9. The van der Waals surface area contributed by atoms with Crippen molar-refractivity contribution in [3.8, 4) is 6.07 Å².